The molecule has 1 aliphatic rings. The molecular formula is C13H14N2O7S. The van der Waals surface area contributed by atoms with Crippen LogP contribution in [0.2, 0.25) is 0 Å². The van der Waals surface area contributed by atoms with E-state index in [9.17, 15) is 22.8 Å². The van der Waals surface area contributed by atoms with Gasteiger partial charge in [0.25, 0.3) is 5.91 Å². The molecule has 2 amide bonds. The molecule has 23 heavy (non-hydrogen) atoms. The molecule has 1 fully saturated rings. The summed E-state index contributed by atoms with van der Waals surface area (Å²) < 4.78 is 35.6. The smallest absolute Gasteiger partial charge is 0.363 e. The van der Waals surface area contributed by atoms with Gasteiger partial charge < -0.3 is 10.1 Å². The fourth-order valence-electron chi connectivity index (χ4n) is 2.22. The Balaban J connectivity index is 2.11. The van der Waals surface area contributed by atoms with Crippen LogP contribution in [0.3, 0.4) is 0 Å². The molecule has 0 radical (unpaired) electrons. The van der Waals surface area contributed by atoms with Gasteiger partial charge in [-0.15, -0.1) is 0 Å². The maximum Gasteiger partial charge on any atom is 0.363 e. The molecule has 0 bridgehead atoms. The van der Waals surface area contributed by atoms with Crippen molar-refractivity contribution in [1.82, 2.24) is 9.62 Å². The largest absolute Gasteiger partial charge is 0.467 e. The van der Waals surface area contributed by atoms with Crippen LogP contribution in [0.1, 0.15) is 5.56 Å². The van der Waals surface area contributed by atoms with Gasteiger partial charge in [0.05, 0.1) is 13.5 Å². The van der Waals surface area contributed by atoms with Gasteiger partial charge in [0.15, 0.2) is 6.04 Å². The quantitative estimate of drug-likeness (QED) is 0.394. The SMILES string of the molecule is COC(=O)[C@@H]1[C@H](NC(=O)Cc2ccccc2)C(=O)N1S(=O)(=O)O. The van der Waals surface area contributed by atoms with E-state index >= 15 is 0 Å². The number of carbonyl (C=O) groups is 3. The zero-order valence-electron chi connectivity index (χ0n) is 12.0. The summed E-state index contributed by atoms with van der Waals surface area (Å²) in [4.78, 5) is 35.3. The number of benzene rings is 1. The number of methoxy groups -OCH3 is 1. The van der Waals surface area contributed by atoms with Crippen LogP contribution < -0.4 is 5.32 Å². The Morgan fingerprint density at radius 2 is 1.91 bits per heavy atom. The number of esters is 1. The second-order valence-corrected chi connectivity index (χ2v) is 6.08. The molecule has 0 spiro atoms. The van der Waals surface area contributed by atoms with Crippen molar-refractivity contribution in [3.8, 4) is 0 Å². The Morgan fingerprint density at radius 3 is 2.43 bits per heavy atom. The van der Waals surface area contributed by atoms with Crippen molar-refractivity contribution >= 4 is 28.1 Å². The topological polar surface area (TPSA) is 130 Å². The van der Waals surface area contributed by atoms with Crippen LogP contribution in [0.25, 0.3) is 0 Å². The van der Waals surface area contributed by atoms with Crippen LogP contribution >= 0.6 is 0 Å². The second kappa shape index (κ2) is 6.34. The third-order valence-corrected chi connectivity index (χ3v) is 4.17. The fraction of sp³-hybridized carbons (Fsp3) is 0.308. The summed E-state index contributed by atoms with van der Waals surface area (Å²) in [5, 5.41) is 2.28. The van der Waals surface area contributed by atoms with E-state index in [-0.39, 0.29) is 10.7 Å². The van der Waals surface area contributed by atoms with E-state index < -0.39 is 40.2 Å². The van der Waals surface area contributed by atoms with Gasteiger partial charge in [-0.1, -0.05) is 30.3 Å². The molecule has 1 saturated heterocycles. The predicted octanol–water partition coefficient (Wildman–Crippen LogP) is -1.10. The lowest BCUT2D eigenvalue weighted by atomic mass is 9.98. The molecular weight excluding hydrogens is 328 g/mol. The summed E-state index contributed by atoms with van der Waals surface area (Å²) in [6, 6.07) is 5.61. The number of rotatable bonds is 5. The van der Waals surface area contributed by atoms with Crippen LogP contribution in [0.15, 0.2) is 30.3 Å². The summed E-state index contributed by atoms with van der Waals surface area (Å²) in [5.74, 6) is -2.74. The first-order valence-corrected chi connectivity index (χ1v) is 7.87. The molecule has 1 aliphatic heterocycles. The van der Waals surface area contributed by atoms with Crippen LogP contribution in [0, 0.1) is 0 Å². The maximum atomic E-state index is 11.9. The summed E-state index contributed by atoms with van der Waals surface area (Å²) in [5.41, 5.74) is 0.679. The first kappa shape index (κ1) is 16.9. The molecule has 2 atom stereocenters. The third kappa shape index (κ3) is 3.48. The average Bonchev–Trinajstić information content (AvgIpc) is 2.48. The molecule has 0 saturated carbocycles. The van der Waals surface area contributed by atoms with Crippen molar-refractivity contribution in [2.24, 2.45) is 0 Å². The van der Waals surface area contributed by atoms with Gasteiger partial charge in [0, 0.05) is 0 Å². The number of nitrogens with zero attached hydrogens (tertiary/aromatic N) is 1. The molecule has 0 unspecified atom stereocenters. The number of hydrogen-bond donors (Lipinski definition) is 2. The summed E-state index contributed by atoms with van der Waals surface area (Å²) in [6.07, 6.45) is -0.0512. The Labute approximate surface area is 132 Å². The lowest BCUT2D eigenvalue weighted by Crippen LogP contribution is -2.74. The van der Waals surface area contributed by atoms with E-state index in [2.05, 4.69) is 10.1 Å². The number of amides is 2. The molecule has 9 nitrogen and oxygen atoms in total. The first-order valence-electron chi connectivity index (χ1n) is 6.47. The van der Waals surface area contributed by atoms with E-state index in [1.54, 1.807) is 30.3 Å². The Morgan fingerprint density at radius 1 is 1.30 bits per heavy atom. The molecule has 0 aromatic heterocycles. The lowest BCUT2D eigenvalue weighted by Gasteiger charge is -2.41. The number of carbonyl (C=O) groups excluding carboxylic acids is 3. The van der Waals surface area contributed by atoms with Crippen molar-refractivity contribution in [2.45, 2.75) is 18.5 Å². The van der Waals surface area contributed by atoms with Crippen molar-refractivity contribution in [3.63, 3.8) is 0 Å². The predicted molar refractivity (Wildman–Crippen MR) is 76.3 cm³/mol. The zero-order valence-corrected chi connectivity index (χ0v) is 12.8. The second-order valence-electron chi connectivity index (χ2n) is 4.79. The van der Waals surface area contributed by atoms with E-state index in [0.717, 1.165) is 7.11 Å². The summed E-state index contributed by atoms with van der Waals surface area (Å²) in [7, 11) is -3.92. The van der Waals surface area contributed by atoms with Crippen molar-refractivity contribution in [2.75, 3.05) is 7.11 Å². The Kier molecular flexibility index (Phi) is 4.66. The van der Waals surface area contributed by atoms with Crippen molar-refractivity contribution < 1.29 is 32.1 Å². The van der Waals surface area contributed by atoms with Gasteiger partial charge in [-0.3, -0.25) is 14.1 Å². The highest BCUT2D eigenvalue weighted by molar-refractivity contribution is 7.84. The van der Waals surface area contributed by atoms with Crippen molar-refractivity contribution in [1.29, 1.82) is 0 Å². The summed E-state index contributed by atoms with van der Waals surface area (Å²) >= 11 is 0. The molecule has 2 rings (SSSR count). The zero-order chi connectivity index (χ0) is 17.2. The first-order chi connectivity index (χ1) is 10.8. The van der Waals surface area contributed by atoms with Crippen molar-refractivity contribution in [3.05, 3.63) is 35.9 Å². The maximum absolute atomic E-state index is 11.9. The highest BCUT2D eigenvalue weighted by Gasteiger charge is 2.58. The number of nitrogens with one attached hydrogen (secondary N) is 1. The Bertz CT molecular complexity index is 732. The minimum atomic E-state index is -4.92. The molecule has 0 aliphatic carbocycles. The minimum absolute atomic E-state index is 0.0215. The Hall–Kier alpha value is -2.46. The van der Waals surface area contributed by atoms with Gasteiger partial charge >= 0.3 is 16.3 Å². The normalized spacial score (nSPS) is 20.6. The lowest BCUT2D eigenvalue weighted by molar-refractivity contribution is -0.162. The van der Waals surface area contributed by atoms with E-state index in [0.29, 0.717) is 5.56 Å². The van der Waals surface area contributed by atoms with Gasteiger partial charge in [-0.25, -0.2) is 4.79 Å². The standard InChI is InChI=1S/C13H14N2O7S/c1-22-13(18)11-10(12(17)15(11)23(19,20)21)14-9(16)7-8-5-3-2-4-6-8/h2-6,10-11H,7H2,1H3,(H,14,16)(H,19,20,21)/t10-,11-/m0/s1. The average molecular weight is 342 g/mol. The number of β-lactam (4-membered cyclic amide) rings is 1. The molecule has 1 aromatic carbocycles. The number of hydrogen-bond acceptors (Lipinski definition) is 6. The van der Waals surface area contributed by atoms with Crippen LogP contribution in [-0.2, 0) is 35.8 Å². The molecule has 1 aromatic rings. The van der Waals surface area contributed by atoms with E-state index in [4.69, 9.17) is 4.55 Å². The number of ether oxygens (including phenoxy) is 1. The van der Waals surface area contributed by atoms with Gasteiger partial charge in [0.1, 0.15) is 6.04 Å². The molecule has 124 valence electrons. The molecule has 2 N–H and O–H groups in total. The van der Waals surface area contributed by atoms with E-state index in [1.807, 2.05) is 0 Å². The van der Waals surface area contributed by atoms with Gasteiger partial charge in [-0.05, 0) is 5.56 Å². The monoisotopic (exact) mass is 342 g/mol. The molecule has 10 heteroatoms. The van der Waals surface area contributed by atoms with Crippen LogP contribution in [0.4, 0.5) is 0 Å². The minimum Gasteiger partial charge on any atom is -0.467 e. The van der Waals surface area contributed by atoms with E-state index in [1.165, 1.54) is 0 Å². The summed E-state index contributed by atoms with van der Waals surface area (Å²) in [6.45, 7) is 0. The molecule has 1 heterocycles. The fourth-order valence-corrected chi connectivity index (χ4v) is 3.05. The highest BCUT2D eigenvalue weighted by atomic mass is 32.2. The van der Waals surface area contributed by atoms with Crippen LogP contribution in [-0.4, -0.2) is 54.3 Å². The van der Waals surface area contributed by atoms with Crippen LogP contribution in [0.5, 0.6) is 0 Å². The highest BCUT2D eigenvalue weighted by Crippen LogP contribution is 2.24. The van der Waals surface area contributed by atoms with Gasteiger partial charge in [-0.2, -0.15) is 12.7 Å². The third-order valence-electron chi connectivity index (χ3n) is 3.27. The van der Waals surface area contributed by atoms with Gasteiger partial charge in [0.2, 0.25) is 5.91 Å².